The lowest BCUT2D eigenvalue weighted by Gasteiger charge is -2.00. The third-order valence-electron chi connectivity index (χ3n) is 2.02. The molecule has 11 heavy (non-hydrogen) atoms. The van der Waals surface area contributed by atoms with Gasteiger partial charge in [-0.2, -0.15) is 0 Å². The van der Waals surface area contributed by atoms with Gasteiger partial charge in [0.1, 0.15) is 0 Å². The number of rotatable bonds is 4. The van der Waals surface area contributed by atoms with Crippen LogP contribution in [0.15, 0.2) is 0 Å². The van der Waals surface area contributed by atoms with Crippen molar-refractivity contribution >= 4 is 5.97 Å². The summed E-state index contributed by atoms with van der Waals surface area (Å²) < 4.78 is 4.90. The third-order valence-corrected chi connectivity index (χ3v) is 2.02. The first-order valence-corrected chi connectivity index (χ1v) is 4.15. The van der Waals surface area contributed by atoms with Crippen molar-refractivity contribution in [3.63, 3.8) is 0 Å². The molecule has 2 unspecified atom stereocenters. The van der Waals surface area contributed by atoms with Crippen LogP contribution in [-0.2, 0) is 9.53 Å². The van der Waals surface area contributed by atoms with E-state index in [0.717, 1.165) is 12.8 Å². The van der Waals surface area contributed by atoms with Crippen molar-refractivity contribution in [3.05, 3.63) is 0 Å². The topological polar surface area (TPSA) is 52.3 Å². The second-order valence-electron chi connectivity index (χ2n) is 3.02. The highest BCUT2D eigenvalue weighted by molar-refractivity contribution is 5.68. The number of esters is 1. The molecular formula is C8H15NO2. The summed E-state index contributed by atoms with van der Waals surface area (Å²) in [6, 6.07) is 0.371. The van der Waals surface area contributed by atoms with Gasteiger partial charge < -0.3 is 10.5 Å². The summed E-state index contributed by atoms with van der Waals surface area (Å²) in [7, 11) is 0. The Hall–Kier alpha value is -0.570. The van der Waals surface area contributed by atoms with E-state index in [-0.39, 0.29) is 5.97 Å². The van der Waals surface area contributed by atoms with Gasteiger partial charge in [0.05, 0.1) is 6.61 Å². The molecule has 0 radical (unpaired) electrons. The van der Waals surface area contributed by atoms with E-state index in [1.807, 2.05) is 0 Å². The molecule has 64 valence electrons. The first-order chi connectivity index (χ1) is 5.24. The number of hydrogen-bond donors (Lipinski definition) is 1. The molecule has 1 saturated carbocycles. The molecule has 2 atom stereocenters. The second-order valence-corrected chi connectivity index (χ2v) is 3.02. The van der Waals surface area contributed by atoms with Crippen LogP contribution in [0.5, 0.6) is 0 Å². The fourth-order valence-corrected chi connectivity index (χ4v) is 1.03. The Bertz CT molecular complexity index is 147. The Morgan fingerprint density at radius 3 is 2.82 bits per heavy atom. The number of carbonyl (C=O) groups excluding carboxylic acids is 1. The van der Waals surface area contributed by atoms with Crippen molar-refractivity contribution in [1.82, 2.24) is 0 Å². The van der Waals surface area contributed by atoms with Crippen LogP contribution in [0.4, 0.5) is 0 Å². The summed E-state index contributed by atoms with van der Waals surface area (Å²) in [4.78, 5) is 10.6. The van der Waals surface area contributed by atoms with Crippen molar-refractivity contribution in [1.29, 1.82) is 0 Å². The van der Waals surface area contributed by atoms with E-state index in [1.54, 1.807) is 6.92 Å². The van der Waals surface area contributed by atoms with Crippen LogP contribution in [0.2, 0.25) is 0 Å². The van der Waals surface area contributed by atoms with Gasteiger partial charge in [-0.3, -0.25) is 4.79 Å². The molecule has 0 bridgehead atoms. The van der Waals surface area contributed by atoms with E-state index in [0.29, 0.717) is 25.0 Å². The molecule has 1 rings (SSSR count). The molecule has 0 amide bonds. The monoisotopic (exact) mass is 157 g/mol. The number of ether oxygens (including phenoxy) is 1. The Morgan fingerprint density at radius 1 is 1.73 bits per heavy atom. The van der Waals surface area contributed by atoms with Gasteiger partial charge in [0.2, 0.25) is 0 Å². The summed E-state index contributed by atoms with van der Waals surface area (Å²) in [5, 5.41) is 0. The molecule has 3 heteroatoms. The van der Waals surface area contributed by atoms with E-state index in [1.165, 1.54) is 0 Å². The Balaban J connectivity index is 1.92. The summed E-state index contributed by atoms with van der Waals surface area (Å²) in [6.45, 7) is 2.34. The van der Waals surface area contributed by atoms with Crippen molar-refractivity contribution in [2.45, 2.75) is 32.2 Å². The molecule has 0 aliphatic heterocycles. The van der Waals surface area contributed by atoms with Crippen molar-refractivity contribution in [3.8, 4) is 0 Å². The van der Waals surface area contributed by atoms with Gasteiger partial charge in [0.25, 0.3) is 0 Å². The predicted octanol–water partition coefficient (Wildman–Crippen LogP) is 0.677. The van der Waals surface area contributed by atoms with E-state index < -0.39 is 0 Å². The van der Waals surface area contributed by atoms with Gasteiger partial charge in [0.15, 0.2) is 0 Å². The number of nitrogens with two attached hydrogens (primary N) is 1. The zero-order chi connectivity index (χ0) is 8.27. The first kappa shape index (κ1) is 8.53. The minimum Gasteiger partial charge on any atom is -0.466 e. The lowest BCUT2D eigenvalue weighted by Crippen LogP contribution is -2.07. The van der Waals surface area contributed by atoms with Crippen LogP contribution >= 0.6 is 0 Å². The molecule has 1 aliphatic rings. The first-order valence-electron chi connectivity index (χ1n) is 4.15. The lowest BCUT2D eigenvalue weighted by atomic mass is 10.3. The van der Waals surface area contributed by atoms with Gasteiger partial charge in [-0.25, -0.2) is 0 Å². The molecule has 0 aromatic rings. The maximum absolute atomic E-state index is 10.6. The molecule has 1 aliphatic carbocycles. The van der Waals surface area contributed by atoms with E-state index in [9.17, 15) is 4.79 Å². The van der Waals surface area contributed by atoms with Crippen LogP contribution in [0.25, 0.3) is 0 Å². The molecule has 0 heterocycles. The molecule has 1 fully saturated rings. The zero-order valence-electron chi connectivity index (χ0n) is 6.88. The molecule has 0 spiro atoms. The largest absolute Gasteiger partial charge is 0.466 e. The van der Waals surface area contributed by atoms with Crippen molar-refractivity contribution in [2.24, 2.45) is 11.7 Å². The normalized spacial score (nSPS) is 28.2. The minimum absolute atomic E-state index is 0.112. The van der Waals surface area contributed by atoms with Gasteiger partial charge in [0, 0.05) is 12.5 Å². The average molecular weight is 157 g/mol. The molecule has 0 saturated heterocycles. The standard InChI is InChI=1S/C8H15NO2/c1-2-8(10)11-4-3-6-5-7(6)9/h6-7H,2-5,9H2,1H3. The van der Waals surface area contributed by atoms with Gasteiger partial charge in [-0.15, -0.1) is 0 Å². The van der Waals surface area contributed by atoms with Crippen LogP contribution < -0.4 is 5.73 Å². The second kappa shape index (κ2) is 3.72. The Labute approximate surface area is 66.9 Å². The Kier molecular flexibility index (Phi) is 2.88. The van der Waals surface area contributed by atoms with Gasteiger partial charge >= 0.3 is 5.97 Å². The molecule has 3 nitrogen and oxygen atoms in total. The Morgan fingerprint density at radius 2 is 2.36 bits per heavy atom. The van der Waals surface area contributed by atoms with Crippen molar-refractivity contribution in [2.75, 3.05) is 6.61 Å². The van der Waals surface area contributed by atoms with Crippen molar-refractivity contribution < 1.29 is 9.53 Å². The van der Waals surface area contributed by atoms with Gasteiger partial charge in [-0.05, 0) is 18.8 Å². The molecular weight excluding hydrogens is 142 g/mol. The number of hydrogen-bond acceptors (Lipinski definition) is 3. The maximum atomic E-state index is 10.6. The highest BCUT2D eigenvalue weighted by atomic mass is 16.5. The summed E-state index contributed by atoms with van der Waals surface area (Å²) in [6.07, 6.45) is 2.51. The SMILES string of the molecule is CCC(=O)OCCC1CC1N. The van der Waals surface area contributed by atoms with Crippen LogP contribution in [0.1, 0.15) is 26.2 Å². The quantitative estimate of drug-likeness (QED) is 0.610. The van der Waals surface area contributed by atoms with Crippen LogP contribution in [0.3, 0.4) is 0 Å². The summed E-state index contributed by atoms with van der Waals surface area (Å²) in [5.41, 5.74) is 5.58. The fraction of sp³-hybridized carbons (Fsp3) is 0.875. The average Bonchev–Trinajstić information content (AvgIpc) is 2.66. The highest BCUT2D eigenvalue weighted by Gasteiger charge is 2.32. The predicted molar refractivity (Wildman–Crippen MR) is 41.9 cm³/mol. The zero-order valence-corrected chi connectivity index (χ0v) is 6.88. The third kappa shape index (κ3) is 2.89. The van der Waals surface area contributed by atoms with E-state index in [2.05, 4.69) is 0 Å². The molecule has 0 aromatic carbocycles. The molecule has 2 N–H and O–H groups in total. The maximum Gasteiger partial charge on any atom is 0.305 e. The highest BCUT2D eigenvalue weighted by Crippen LogP contribution is 2.30. The van der Waals surface area contributed by atoms with Crippen LogP contribution in [0, 0.1) is 5.92 Å². The minimum atomic E-state index is -0.112. The van der Waals surface area contributed by atoms with E-state index >= 15 is 0 Å². The van der Waals surface area contributed by atoms with E-state index in [4.69, 9.17) is 10.5 Å². The van der Waals surface area contributed by atoms with Gasteiger partial charge in [-0.1, -0.05) is 6.92 Å². The van der Waals surface area contributed by atoms with Crippen LogP contribution in [-0.4, -0.2) is 18.6 Å². The summed E-state index contributed by atoms with van der Waals surface area (Å²) >= 11 is 0. The summed E-state index contributed by atoms with van der Waals surface area (Å²) in [5.74, 6) is 0.499. The number of carbonyl (C=O) groups is 1. The fourth-order valence-electron chi connectivity index (χ4n) is 1.03. The molecule has 0 aromatic heterocycles. The smallest absolute Gasteiger partial charge is 0.305 e. The lowest BCUT2D eigenvalue weighted by molar-refractivity contribution is -0.143.